The van der Waals surface area contributed by atoms with Gasteiger partial charge in [-0.2, -0.15) is 0 Å². The topological polar surface area (TPSA) is 0 Å². The summed E-state index contributed by atoms with van der Waals surface area (Å²) in [5.41, 5.74) is 2.36. The Morgan fingerprint density at radius 1 is 1.24 bits per heavy atom. The van der Waals surface area contributed by atoms with E-state index < -0.39 is 5.38 Å². The highest BCUT2D eigenvalue weighted by Crippen LogP contribution is 2.38. The fraction of sp³-hybridized carbons (Fsp3) is 0.231. The van der Waals surface area contributed by atoms with Gasteiger partial charge in [0.1, 0.15) is 5.82 Å². The van der Waals surface area contributed by atoms with Gasteiger partial charge in [-0.1, -0.05) is 23.7 Å². The third-order valence-corrected chi connectivity index (χ3v) is 4.77. The van der Waals surface area contributed by atoms with Gasteiger partial charge in [-0.05, 0) is 37.1 Å². The van der Waals surface area contributed by atoms with Crippen LogP contribution in [0, 0.1) is 19.7 Å². The van der Waals surface area contributed by atoms with Crippen LogP contribution in [-0.4, -0.2) is 0 Å². The molecule has 1 atom stereocenters. The molecule has 0 fully saturated rings. The van der Waals surface area contributed by atoms with Crippen molar-refractivity contribution in [3.8, 4) is 0 Å². The third kappa shape index (κ3) is 2.65. The largest absolute Gasteiger partial charge is 0.207 e. The second-order valence-electron chi connectivity index (χ2n) is 3.99. The van der Waals surface area contributed by atoms with Crippen LogP contribution in [-0.2, 0) is 0 Å². The van der Waals surface area contributed by atoms with Crippen molar-refractivity contribution in [2.24, 2.45) is 0 Å². The van der Waals surface area contributed by atoms with Gasteiger partial charge in [0, 0.05) is 10.4 Å². The van der Waals surface area contributed by atoms with Gasteiger partial charge < -0.3 is 0 Å². The predicted octanol–water partition coefficient (Wildman–Crippen LogP) is 5.49. The molecule has 0 aliphatic carbocycles. The molecule has 0 aliphatic heterocycles. The van der Waals surface area contributed by atoms with Crippen molar-refractivity contribution < 1.29 is 4.39 Å². The molecule has 2 rings (SSSR count). The molecule has 0 radical (unpaired) electrons. The Morgan fingerprint density at radius 3 is 2.47 bits per heavy atom. The second kappa shape index (κ2) is 4.97. The van der Waals surface area contributed by atoms with E-state index in [1.165, 1.54) is 17.4 Å². The van der Waals surface area contributed by atoms with Gasteiger partial charge in [0.2, 0.25) is 0 Å². The summed E-state index contributed by atoms with van der Waals surface area (Å²) < 4.78 is 14.5. The number of rotatable bonds is 2. The van der Waals surface area contributed by atoms with Gasteiger partial charge in [-0.25, -0.2) is 4.39 Å². The van der Waals surface area contributed by atoms with Gasteiger partial charge in [0.25, 0.3) is 0 Å². The lowest BCUT2D eigenvalue weighted by Gasteiger charge is -2.09. The highest BCUT2D eigenvalue weighted by atomic mass is 35.5. The summed E-state index contributed by atoms with van der Waals surface area (Å²) in [5, 5.41) is -0.480. The van der Waals surface area contributed by atoms with E-state index in [4.69, 9.17) is 23.2 Å². The first kappa shape index (κ1) is 12.9. The van der Waals surface area contributed by atoms with Crippen LogP contribution in [0.4, 0.5) is 4.39 Å². The van der Waals surface area contributed by atoms with Crippen LogP contribution >= 0.6 is 34.5 Å². The Balaban J connectivity index is 2.39. The Hall–Kier alpha value is -0.570. The molecule has 0 bridgehead atoms. The molecule has 90 valence electrons. The number of halogens is 3. The van der Waals surface area contributed by atoms with Crippen LogP contribution in [0.25, 0.3) is 0 Å². The highest BCUT2D eigenvalue weighted by molar-refractivity contribution is 7.16. The summed E-state index contributed by atoms with van der Waals surface area (Å²) in [6, 6.07) is 6.98. The van der Waals surface area contributed by atoms with E-state index in [0.29, 0.717) is 9.90 Å². The fourth-order valence-corrected chi connectivity index (χ4v) is 3.19. The summed E-state index contributed by atoms with van der Waals surface area (Å²) >= 11 is 13.7. The van der Waals surface area contributed by atoms with E-state index in [2.05, 4.69) is 0 Å². The SMILES string of the molecule is Cc1ccc(C(Cl)c2cc(C)c(Cl)s2)c(F)c1. The zero-order valence-corrected chi connectivity index (χ0v) is 11.8. The molecule has 2 aromatic rings. The zero-order valence-electron chi connectivity index (χ0n) is 9.43. The first-order valence-corrected chi connectivity index (χ1v) is 6.78. The van der Waals surface area contributed by atoms with Gasteiger partial charge >= 0.3 is 0 Å². The fourth-order valence-electron chi connectivity index (χ4n) is 1.60. The summed E-state index contributed by atoms with van der Waals surface area (Å²) in [4.78, 5) is 0.872. The summed E-state index contributed by atoms with van der Waals surface area (Å²) in [6.07, 6.45) is 0. The van der Waals surface area contributed by atoms with E-state index in [-0.39, 0.29) is 5.82 Å². The van der Waals surface area contributed by atoms with Crippen LogP contribution in [0.1, 0.15) is 26.9 Å². The van der Waals surface area contributed by atoms with Crippen LogP contribution in [0.5, 0.6) is 0 Å². The Labute approximate surface area is 114 Å². The highest BCUT2D eigenvalue weighted by Gasteiger charge is 2.18. The van der Waals surface area contributed by atoms with E-state index in [1.54, 1.807) is 6.07 Å². The lowest BCUT2D eigenvalue weighted by molar-refractivity contribution is 0.611. The number of thiophene rings is 1. The molecule has 0 saturated carbocycles. The van der Waals surface area contributed by atoms with Gasteiger partial charge in [-0.3, -0.25) is 0 Å². The lowest BCUT2D eigenvalue weighted by atomic mass is 10.1. The standard InChI is InChI=1S/C13H11Cl2FS/c1-7-3-4-9(10(16)5-7)12(14)11-6-8(2)13(15)17-11/h3-6,12H,1-2H3. The van der Waals surface area contributed by atoms with Crippen molar-refractivity contribution in [3.05, 3.63) is 56.0 Å². The molecule has 17 heavy (non-hydrogen) atoms. The maximum absolute atomic E-state index is 13.8. The van der Waals surface area contributed by atoms with Crippen molar-refractivity contribution in [1.29, 1.82) is 0 Å². The Bertz CT molecular complexity index is 529. The molecular weight excluding hydrogens is 278 g/mol. The minimum atomic E-state index is -0.480. The smallest absolute Gasteiger partial charge is 0.128 e. The van der Waals surface area contributed by atoms with E-state index in [9.17, 15) is 4.39 Å². The Kier molecular flexibility index (Phi) is 3.76. The molecule has 0 aliphatic rings. The Morgan fingerprint density at radius 2 is 1.94 bits per heavy atom. The molecule has 1 heterocycles. The molecule has 0 amide bonds. The maximum Gasteiger partial charge on any atom is 0.128 e. The van der Waals surface area contributed by atoms with Crippen molar-refractivity contribution in [2.75, 3.05) is 0 Å². The molecule has 4 heteroatoms. The summed E-state index contributed by atoms with van der Waals surface area (Å²) in [7, 11) is 0. The van der Waals surface area contributed by atoms with Gasteiger partial charge in [-0.15, -0.1) is 22.9 Å². The number of benzene rings is 1. The predicted molar refractivity (Wildman–Crippen MR) is 72.9 cm³/mol. The molecule has 0 spiro atoms. The maximum atomic E-state index is 13.8. The number of hydrogen-bond acceptors (Lipinski definition) is 1. The van der Waals surface area contributed by atoms with Crippen molar-refractivity contribution in [1.82, 2.24) is 0 Å². The molecule has 1 aromatic heterocycles. The minimum Gasteiger partial charge on any atom is -0.207 e. The molecule has 1 unspecified atom stereocenters. The normalized spacial score (nSPS) is 12.8. The van der Waals surface area contributed by atoms with Crippen LogP contribution in [0.15, 0.2) is 24.3 Å². The first-order valence-electron chi connectivity index (χ1n) is 5.15. The van der Waals surface area contributed by atoms with E-state index in [0.717, 1.165) is 16.0 Å². The molecular formula is C13H11Cl2FS. The number of alkyl halides is 1. The van der Waals surface area contributed by atoms with Crippen molar-refractivity contribution >= 4 is 34.5 Å². The van der Waals surface area contributed by atoms with Crippen LogP contribution in [0.3, 0.4) is 0 Å². The molecule has 0 saturated heterocycles. The van der Waals surface area contributed by atoms with Crippen LogP contribution < -0.4 is 0 Å². The zero-order chi connectivity index (χ0) is 12.6. The number of hydrogen-bond donors (Lipinski definition) is 0. The van der Waals surface area contributed by atoms with Crippen LogP contribution in [0.2, 0.25) is 4.34 Å². The quantitative estimate of drug-likeness (QED) is 0.642. The summed E-state index contributed by atoms with van der Waals surface area (Å²) in [5.74, 6) is -0.271. The average molecular weight is 289 g/mol. The van der Waals surface area contributed by atoms with E-state index >= 15 is 0 Å². The minimum absolute atomic E-state index is 0.271. The van der Waals surface area contributed by atoms with Crippen molar-refractivity contribution in [2.45, 2.75) is 19.2 Å². The third-order valence-electron chi connectivity index (χ3n) is 2.56. The summed E-state index contributed by atoms with van der Waals surface area (Å²) in [6.45, 7) is 3.76. The first-order chi connectivity index (χ1) is 7.99. The second-order valence-corrected chi connectivity index (χ2v) is 6.12. The lowest BCUT2D eigenvalue weighted by Crippen LogP contribution is -1.95. The monoisotopic (exact) mass is 288 g/mol. The van der Waals surface area contributed by atoms with Gasteiger partial charge in [0.15, 0.2) is 0 Å². The molecule has 0 N–H and O–H groups in total. The van der Waals surface area contributed by atoms with Gasteiger partial charge in [0.05, 0.1) is 9.71 Å². The number of aryl methyl sites for hydroxylation is 2. The average Bonchev–Trinajstić information content (AvgIpc) is 2.58. The molecule has 0 nitrogen and oxygen atoms in total. The van der Waals surface area contributed by atoms with Crippen molar-refractivity contribution in [3.63, 3.8) is 0 Å². The van der Waals surface area contributed by atoms with E-state index in [1.807, 2.05) is 26.0 Å². The molecule has 1 aromatic carbocycles.